The van der Waals surface area contributed by atoms with E-state index in [2.05, 4.69) is 0 Å². The predicted molar refractivity (Wildman–Crippen MR) is 56.0 cm³/mol. The van der Waals surface area contributed by atoms with Crippen molar-refractivity contribution in [2.45, 2.75) is 25.3 Å². The highest BCUT2D eigenvalue weighted by Gasteiger charge is 2.30. The Bertz CT molecular complexity index is 360. The third-order valence-corrected chi connectivity index (χ3v) is 3.03. The maximum Gasteiger partial charge on any atom is 0.167 e. The minimum absolute atomic E-state index is 0.0254. The summed E-state index contributed by atoms with van der Waals surface area (Å²) < 4.78 is 12.7. The number of hydrogen-bond donors (Lipinski definition) is 1. The van der Waals surface area contributed by atoms with Crippen molar-refractivity contribution in [1.82, 2.24) is 0 Å². The highest BCUT2D eigenvalue weighted by molar-refractivity contribution is 5.98. The molecular weight excluding hydrogens is 193 g/mol. The molecule has 0 aliphatic heterocycles. The van der Waals surface area contributed by atoms with E-state index in [1.54, 1.807) is 0 Å². The van der Waals surface area contributed by atoms with Crippen LogP contribution < -0.4 is 5.73 Å². The number of nitrogens with two attached hydrogens (primary N) is 1. The van der Waals surface area contributed by atoms with Crippen LogP contribution in [0.4, 0.5) is 4.39 Å². The Morgan fingerprint density at radius 2 is 1.93 bits per heavy atom. The second-order valence-corrected chi connectivity index (χ2v) is 4.07. The molecule has 2 atom stereocenters. The lowest BCUT2D eigenvalue weighted by Crippen LogP contribution is -2.30. The fourth-order valence-corrected chi connectivity index (χ4v) is 2.14. The van der Waals surface area contributed by atoms with Crippen molar-refractivity contribution < 1.29 is 9.18 Å². The van der Waals surface area contributed by atoms with Gasteiger partial charge in [0.05, 0.1) is 0 Å². The van der Waals surface area contributed by atoms with Gasteiger partial charge in [-0.1, -0.05) is 6.42 Å². The summed E-state index contributed by atoms with van der Waals surface area (Å²) in [4.78, 5) is 12.0. The van der Waals surface area contributed by atoms with Crippen LogP contribution in [0, 0.1) is 11.7 Å². The molecule has 1 aromatic rings. The number of benzene rings is 1. The average Bonchev–Trinajstić information content (AvgIpc) is 2.65. The molecule has 0 spiro atoms. The van der Waals surface area contributed by atoms with Gasteiger partial charge in [-0.3, -0.25) is 4.79 Å². The van der Waals surface area contributed by atoms with Crippen molar-refractivity contribution in [2.24, 2.45) is 11.7 Å². The van der Waals surface area contributed by atoms with Gasteiger partial charge in [-0.05, 0) is 37.1 Å². The monoisotopic (exact) mass is 207 g/mol. The summed E-state index contributed by atoms with van der Waals surface area (Å²) in [5.74, 6) is -0.335. The van der Waals surface area contributed by atoms with Crippen LogP contribution in [0.3, 0.4) is 0 Å². The molecule has 1 aliphatic rings. The first-order chi connectivity index (χ1) is 7.18. The summed E-state index contributed by atoms with van der Waals surface area (Å²) in [7, 11) is 0. The summed E-state index contributed by atoms with van der Waals surface area (Å²) in [5, 5.41) is 0. The predicted octanol–water partition coefficient (Wildman–Crippen LogP) is 2.14. The second kappa shape index (κ2) is 4.11. The quantitative estimate of drug-likeness (QED) is 0.755. The number of halogens is 1. The van der Waals surface area contributed by atoms with Gasteiger partial charge in [0, 0.05) is 17.5 Å². The van der Waals surface area contributed by atoms with Crippen LogP contribution in [-0.2, 0) is 0 Å². The highest BCUT2D eigenvalue weighted by Crippen LogP contribution is 2.27. The smallest absolute Gasteiger partial charge is 0.167 e. The number of Topliss-reactive ketones (excluding diaryl/α,β-unsaturated/α-hetero) is 1. The molecule has 0 aromatic heterocycles. The molecule has 1 saturated carbocycles. The Morgan fingerprint density at radius 1 is 1.27 bits per heavy atom. The molecule has 80 valence electrons. The number of hydrogen-bond acceptors (Lipinski definition) is 2. The lowest BCUT2D eigenvalue weighted by atomic mass is 9.93. The number of rotatable bonds is 2. The fourth-order valence-electron chi connectivity index (χ4n) is 2.14. The Labute approximate surface area is 88.3 Å². The lowest BCUT2D eigenvalue weighted by molar-refractivity contribution is 0.0913. The zero-order valence-corrected chi connectivity index (χ0v) is 8.45. The van der Waals surface area contributed by atoms with Crippen molar-refractivity contribution in [3.05, 3.63) is 35.6 Å². The van der Waals surface area contributed by atoms with Crippen molar-refractivity contribution in [3.8, 4) is 0 Å². The minimum Gasteiger partial charge on any atom is -0.327 e. The molecule has 2 unspecified atom stereocenters. The third kappa shape index (κ3) is 2.07. The van der Waals surface area contributed by atoms with Gasteiger partial charge in [0.15, 0.2) is 5.78 Å². The minimum atomic E-state index is -0.317. The average molecular weight is 207 g/mol. The molecule has 0 radical (unpaired) electrons. The van der Waals surface area contributed by atoms with Crippen LogP contribution >= 0.6 is 0 Å². The van der Waals surface area contributed by atoms with Gasteiger partial charge < -0.3 is 5.73 Å². The van der Waals surface area contributed by atoms with E-state index in [9.17, 15) is 9.18 Å². The van der Waals surface area contributed by atoms with E-state index < -0.39 is 0 Å². The molecule has 1 fully saturated rings. The van der Waals surface area contributed by atoms with Crippen LogP contribution in [0.15, 0.2) is 24.3 Å². The Kier molecular flexibility index (Phi) is 2.82. The van der Waals surface area contributed by atoms with Crippen LogP contribution in [0.25, 0.3) is 0 Å². The zero-order valence-electron chi connectivity index (χ0n) is 8.45. The molecule has 0 heterocycles. The largest absolute Gasteiger partial charge is 0.327 e. The topological polar surface area (TPSA) is 43.1 Å². The van der Waals surface area contributed by atoms with Crippen molar-refractivity contribution >= 4 is 5.78 Å². The molecule has 3 heteroatoms. The van der Waals surface area contributed by atoms with Crippen molar-refractivity contribution in [2.75, 3.05) is 0 Å². The molecule has 2 nitrogen and oxygen atoms in total. The molecule has 1 aromatic carbocycles. The maximum absolute atomic E-state index is 12.7. The lowest BCUT2D eigenvalue weighted by Gasteiger charge is -2.13. The molecule has 0 amide bonds. The molecule has 0 saturated heterocycles. The highest BCUT2D eigenvalue weighted by atomic mass is 19.1. The zero-order chi connectivity index (χ0) is 10.8. The van der Waals surface area contributed by atoms with Crippen LogP contribution in [0.2, 0.25) is 0 Å². The van der Waals surface area contributed by atoms with Gasteiger partial charge in [0.2, 0.25) is 0 Å². The van der Waals surface area contributed by atoms with Crippen molar-refractivity contribution in [3.63, 3.8) is 0 Å². The molecule has 2 rings (SSSR count). The standard InChI is InChI=1S/C12H14FNO/c13-9-6-4-8(5-7-9)12(15)10-2-1-3-11(10)14/h4-7,10-11H,1-3,14H2. The Morgan fingerprint density at radius 3 is 2.47 bits per heavy atom. The fraction of sp³-hybridized carbons (Fsp3) is 0.417. The van der Waals surface area contributed by atoms with E-state index in [-0.39, 0.29) is 23.6 Å². The van der Waals surface area contributed by atoms with Crippen LogP contribution in [-0.4, -0.2) is 11.8 Å². The Balaban J connectivity index is 2.17. The Hall–Kier alpha value is -1.22. The van der Waals surface area contributed by atoms with Crippen LogP contribution in [0.1, 0.15) is 29.6 Å². The summed E-state index contributed by atoms with van der Waals surface area (Å²) >= 11 is 0. The maximum atomic E-state index is 12.7. The first-order valence-corrected chi connectivity index (χ1v) is 5.24. The normalized spacial score (nSPS) is 25.5. The van der Waals surface area contributed by atoms with Crippen molar-refractivity contribution in [1.29, 1.82) is 0 Å². The summed E-state index contributed by atoms with van der Waals surface area (Å²) in [6.07, 6.45) is 2.79. The number of ketones is 1. The molecular formula is C12H14FNO. The second-order valence-electron chi connectivity index (χ2n) is 4.07. The molecule has 1 aliphatic carbocycles. The van der Waals surface area contributed by atoms with E-state index in [0.717, 1.165) is 19.3 Å². The summed E-state index contributed by atoms with van der Waals surface area (Å²) in [6.45, 7) is 0. The molecule has 2 N–H and O–H groups in total. The molecule has 15 heavy (non-hydrogen) atoms. The van der Waals surface area contributed by atoms with Gasteiger partial charge in [0.25, 0.3) is 0 Å². The summed E-state index contributed by atoms with van der Waals surface area (Å²) in [6, 6.07) is 5.66. The SMILES string of the molecule is NC1CCCC1C(=O)c1ccc(F)cc1. The first kappa shape index (κ1) is 10.3. The summed E-state index contributed by atoms with van der Waals surface area (Å²) in [5.41, 5.74) is 6.42. The van der Waals surface area contributed by atoms with Gasteiger partial charge in [0.1, 0.15) is 5.82 Å². The van der Waals surface area contributed by atoms with E-state index in [1.807, 2.05) is 0 Å². The molecule has 0 bridgehead atoms. The van der Waals surface area contributed by atoms with Gasteiger partial charge in [-0.25, -0.2) is 4.39 Å². The van der Waals surface area contributed by atoms with Crippen LogP contribution in [0.5, 0.6) is 0 Å². The number of carbonyl (C=O) groups excluding carboxylic acids is 1. The van der Waals surface area contributed by atoms with E-state index in [0.29, 0.717) is 5.56 Å². The third-order valence-electron chi connectivity index (χ3n) is 3.03. The van der Waals surface area contributed by atoms with Gasteiger partial charge in [-0.2, -0.15) is 0 Å². The first-order valence-electron chi connectivity index (χ1n) is 5.24. The number of carbonyl (C=O) groups is 1. The van der Waals surface area contributed by atoms with E-state index in [1.165, 1.54) is 24.3 Å². The van der Waals surface area contributed by atoms with Gasteiger partial charge in [-0.15, -0.1) is 0 Å². The van der Waals surface area contributed by atoms with Gasteiger partial charge >= 0.3 is 0 Å². The van der Waals surface area contributed by atoms with E-state index in [4.69, 9.17) is 5.73 Å². The van der Waals surface area contributed by atoms with E-state index >= 15 is 0 Å².